The first-order chi connectivity index (χ1) is 8.83. The van der Waals surface area contributed by atoms with Crippen molar-refractivity contribution in [2.24, 2.45) is 0 Å². The van der Waals surface area contributed by atoms with Gasteiger partial charge >= 0.3 is 11.9 Å². The molecule has 0 heterocycles. The third kappa shape index (κ3) is 5.80. The summed E-state index contributed by atoms with van der Waals surface area (Å²) in [4.78, 5) is 34.0. The fourth-order valence-corrected chi connectivity index (χ4v) is 1.20. The predicted molar refractivity (Wildman–Crippen MR) is 67.5 cm³/mol. The number of allylic oxidation sites excluding steroid dienone is 1. The van der Waals surface area contributed by atoms with Gasteiger partial charge < -0.3 is 20.2 Å². The van der Waals surface area contributed by atoms with Crippen molar-refractivity contribution in [2.45, 2.75) is 27.2 Å². The van der Waals surface area contributed by atoms with E-state index in [1.165, 1.54) is 13.8 Å². The highest BCUT2D eigenvalue weighted by molar-refractivity contribution is 6.07. The predicted octanol–water partition coefficient (Wildman–Crippen LogP) is 0.542. The summed E-state index contributed by atoms with van der Waals surface area (Å²) < 4.78 is 9.13. The van der Waals surface area contributed by atoms with Gasteiger partial charge in [0.1, 0.15) is 6.42 Å². The van der Waals surface area contributed by atoms with E-state index in [2.05, 4.69) is 10.1 Å². The molecule has 106 valence electrons. The molecule has 0 bridgehead atoms. The molecule has 0 saturated heterocycles. The number of rotatable bonds is 6. The molecule has 7 heteroatoms. The van der Waals surface area contributed by atoms with Crippen molar-refractivity contribution in [2.75, 3.05) is 13.7 Å². The molecule has 0 spiro atoms. The van der Waals surface area contributed by atoms with E-state index < -0.39 is 24.3 Å². The number of methoxy groups -OCH3 is 1. The zero-order valence-corrected chi connectivity index (χ0v) is 11.5. The third-order valence-electron chi connectivity index (χ3n) is 2.13. The lowest BCUT2D eigenvalue weighted by atomic mass is 10.1. The zero-order valence-electron chi connectivity index (χ0n) is 11.5. The number of esters is 2. The van der Waals surface area contributed by atoms with E-state index in [1.54, 1.807) is 6.92 Å². The van der Waals surface area contributed by atoms with Crippen LogP contribution in [0.5, 0.6) is 0 Å². The van der Waals surface area contributed by atoms with Crippen LogP contribution >= 0.6 is 0 Å². The SMILES string of the molecule is CCOC(=O)/C(C)=C(\NC(=O)CC(=O)OC)C(C)=N. The van der Waals surface area contributed by atoms with E-state index in [0.717, 1.165) is 7.11 Å². The van der Waals surface area contributed by atoms with Crippen molar-refractivity contribution in [3.8, 4) is 0 Å². The second-order valence-corrected chi connectivity index (χ2v) is 3.65. The largest absolute Gasteiger partial charge is 0.469 e. The van der Waals surface area contributed by atoms with Gasteiger partial charge in [0, 0.05) is 0 Å². The van der Waals surface area contributed by atoms with Gasteiger partial charge in [-0.2, -0.15) is 0 Å². The molecule has 2 N–H and O–H groups in total. The highest BCUT2D eigenvalue weighted by atomic mass is 16.5. The minimum absolute atomic E-state index is 0.0104. The van der Waals surface area contributed by atoms with Gasteiger partial charge in [0.15, 0.2) is 0 Å². The molecule has 0 aliphatic rings. The molecule has 0 fully saturated rings. The van der Waals surface area contributed by atoms with Crippen LogP contribution in [0.3, 0.4) is 0 Å². The van der Waals surface area contributed by atoms with E-state index in [9.17, 15) is 14.4 Å². The maximum absolute atomic E-state index is 11.5. The Labute approximate surface area is 111 Å². The summed E-state index contributed by atoms with van der Waals surface area (Å²) in [7, 11) is 1.16. The number of amides is 1. The van der Waals surface area contributed by atoms with Gasteiger partial charge in [-0.05, 0) is 20.8 Å². The number of ether oxygens (including phenoxy) is 2. The van der Waals surface area contributed by atoms with E-state index >= 15 is 0 Å². The first-order valence-corrected chi connectivity index (χ1v) is 5.63. The molecule has 1 amide bonds. The van der Waals surface area contributed by atoms with Crippen molar-refractivity contribution < 1.29 is 23.9 Å². The van der Waals surface area contributed by atoms with Crippen LogP contribution in [0, 0.1) is 5.41 Å². The van der Waals surface area contributed by atoms with Crippen LogP contribution in [-0.2, 0) is 23.9 Å². The highest BCUT2D eigenvalue weighted by Crippen LogP contribution is 2.06. The normalized spacial score (nSPS) is 11.2. The molecule has 0 aliphatic carbocycles. The van der Waals surface area contributed by atoms with Crippen LogP contribution in [0.2, 0.25) is 0 Å². The number of hydrogen-bond donors (Lipinski definition) is 2. The van der Waals surface area contributed by atoms with Gasteiger partial charge in [-0.3, -0.25) is 9.59 Å². The second-order valence-electron chi connectivity index (χ2n) is 3.65. The van der Waals surface area contributed by atoms with Gasteiger partial charge in [0.2, 0.25) is 5.91 Å². The Hall–Kier alpha value is -2.18. The topological polar surface area (TPSA) is 106 Å². The van der Waals surface area contributed by atoms with Crippen LogP contribution in [0.1, 0.15) is 27.2 Å². The molecule has 0 saturated carbocycles. The van der Waals surface area contributed by atoms with Crippen LogP contribution in [-0.4, -0.2) is 37.3 Å². The molecule has 0 aromatic rings. The molecule has 0 rings (SSSR count). The third-order valence-corrected chi connectivity index (χ3v) is 2.13. The van der Waals surface area contributed by atoms with E-state index in [4.69, 9.17) is 10.1 Å². The fraction of sp³-hybridized carbons (Fsp3) is 0.500. The summed E-state index contributed by atoms with van der Waals surface area (Å²) in [5.41, 5.74) is 0.128. The zero-order chi connectivity index (χ0) is 15.0. The number of carbonyl (C=O) groups is 3. The van der Waals surface area contributed by atoms with E-state index in [-0.39, 0.29) is 23.6 Å². The second kappa shape index (κ2) is 8.02. The Bertz CT molecular complexity index is 426. The first-order valence-electron chi connectivity index (χ1n) is 5.63. The van der Waals surface area contributed by atoms with Crippen LogP contribution in [0.15, 0.2) is 11.3 Å². The summed E-state index contributed by atoms with van der Waals surface area (Å²) >= 11 is 0. The number of hydrogen-bond acceptors (Lipinski definition) is 6. The van der Waals surface area contributed by atoms with E-state index in [0.29, 0.717) is 0 Å². The Morgan fingerprint density at radius 3 is 2.21 bits per heavy atom. The van der Waals surface area contributed by atoms with Gasteiger partial charge in [0.05, 0.1) is 30.7 Å². The summed E-state index contributed by atoms with van der Waals surface area (Å²) in [5, 5.41) is 9.87. The van der Waals surface area contributed by atoms with Gasteiger partial charge in [-0.25, -0.2) is 4.79 Å². The van der Waals surface area contributed by atoms with Gasteiger partial charge in [-0.1, -0.05) is 0 Å². The average Bonchev–Trinajstić information content (AvgIpc) is 2.34. The smallest absolute Gasteiger partial charge is 0.335 e. The Morgan fingerprint density at radius 1 is 1.21 bits per heavy atom. The standard InChI is InChI=1S/C12H18N2O5/c1-5-19-12(17)7(2)11(8(3)13)14-9(15)6-10(16)18-4/h13H,5-6H2,1-4H3,(H,14,15)/b11-7-,13-8?. The molecule has 19 heavy (non-hydrogen) atoms. The average molecular weight is 270 g/mol. The molecule has 0 aromatic carbocycles. The quantitative estimate of drug-likeness (QED) is 0.317. The fourth-order valence-electron chi connectivity index (χ4n) is 1.20. The molecule has 0 aliphatic heterocycles. The summed E-state index contributed by atoms with van der Waals surface area (Å²) in [6.45, 7) is 4.69. The van der Waals surface area contributed by atoms with Gasteiger partial charge in [-0.15, -0.1) is 0 Å². The minimum atomic E-state index is -0.701. The van der Waals surface area contributed by atoms with Crippen LogP contribution < -0.4 is 5.32 Å². The Kier molecular flexibility index (Phi) is 7.10. The first kappa shape index (κ1) is 16.8. The van der Waals surface area contributed by atoms with Crippen molar-refractivity contribution >= 4 is 23.6 Å². The lowest BCUT2D eigenvalue weighted by Crippen LogP contribution is -2.30. The molecular weight excluding hydrogens is 252 g/mol. The monoisotopic (exact) mass is 270 g/mol. The summed E-state index contributed by atoms with van der Waals surface area (Å²) in [6, 6.07) is 0. The Balaban J connectivity index is 4.98. The van der Waals surface area contributed by atoms with Crippen molar-refractivity contribution in [1.82, 2.24) is 5.32 Å². The molecule has 0 aromatic heterocycles. The lowest BCUT2D eigenvalue weighted by Gasteiger charge is -2.11. The summed E-state index contributed by atoms with van der Waals surface area (Å²) in [5.74, 6) is -1.98. The molecule has 7 nitrogen and oxygen atoms in total. The maximum atomic E-state index is 11.5. The van der Waals surface area contributed by atoms with Crippen LogP contribution in [0.4, 0.5) is 0 Å². The Morgan fingerprint density at radius 2 is 1.79 bits per heavy atom. The number of carbonyl (C=O) groups excluding carboxylic acids is 3. The highest BCUT2D eigenvalue weighted by Gasteiger charge is 2.17. The molecule has 0 radical (unpaired) electrons. The molecular formula is C12H18N2O5. The lowest BCUT2D eigenvalue weighted by molar-refractivity contribution is -0.143. The van der Waals surface area contributed by atoms with Crippen molar-refractivity contribution in [3.63, 3.8) is 0 Å². The van der Waals surface area contributed by atoms with Crippen molar-refractivity contribution in [3.05, 3.63) is 11.3 Å². The summed E-state index contributed by atoms with van der Waals surface area (Å²) in [6.07, 6.45) is -0.483. The van der Waals surface area contributed by atoms with E-state index in [1.807, 2.05) is 0 Å². The molecule has 0 atom stereocenters. The number of nitrogens with one attached hydrogen (secondary N) is 2. The van der Waals surface area contributed by atoms with Gasteiger partial charge in [0.25, 0.3) is 0 Å². The maximum Gasteiger partial charge on any atom is 0.335 e. The van der Waals surface area contributed by atoms with Crippen molar-refractivity contribution in [1.29, 1.82) is 5.41 Å². The molecule has 0 unspecified atom stereocenters. The minimum Gasteiger partial charge on any atom is -0.469 e. The van der Waals surface area contributed by atoms with Crippen LogP contribution in [0.25, 0.3) is 0 Å².